The fourth-order valence-corrected chi connectivity index (χ4v) is 10.3. The normalized spacial score (nSPS) is 40.4. The summed E-state index contributed by atoms with van der Waals surface area (Å²) in [5, 5.41) is 34.0. The first-order chi connectivity index (χ1) is 30.7. The molecule has 0 aromatic rings. The van der Waals surface area contributed by atoms with E-state index in [1.165, 1.54) is 12.0 Å². The molecule has 0 spiro atoms. The van der Waals surface area contributed by atoms with Crippen LogP contribution >= 0.6 is 0 Å². The van der Waals surface area contributed by atoms with Gasteiger partial charge in [-0.25, -0.2) is 0 Å². The summed E-state index contributed by atoms with van der Waals surface area (Å²) in [6.07, 6.45) is 13.0. The Morgan fingerprint density at radius 3 is 2.28 bits per heavy atom. The zero-order valence-electron chi connectivity index (χ0n) is 40.9. The summed E-state index contributed by atoms with van der Waals surface area (Å²) in [5.41, 5.74) is 1.34. The number of fused-ring (bicyclic) bond motifs is 3. The van der Waals surface area contributed by atoms with Gasteiger partial charge in [0.2, 0.25) is 5.79 Å². The van der Waals surface area contributed by atoms with Crippen molar-refractivity contribution in [1.82, 2.24) is 4.90 Å². The van der Waals surface area contributed by atoms with Gasteiger partial charge < -0.3 is 43.9 Å². The van der Waals surface area contributed by atoms with Crippen molar-refractivity contribution >= 4 is 23.3 Å². The number of nitrogens with zero attached hydrogens (tertiary/aromatic N) is 1. The Balaban J connectivity index is 1.70. The largest absolute Gasteiger partial charge is 0.492 e. The van der Waals surface area contributed by atoms with Gasteiger partial charge in [-0.3, -0.25) is 19.2 Å². The predicted octanol–water partition coefficient (Wildman–Crippen LogP) is 7.17. The summed E-state index contributed by atoms with van der Waals surface area (Å²) >= 11 is 0. The first-order valence-electron chi connectivity index (χ1n) is 24.1. The highest BCUT2D eigenvalue weighted by Crippen LogP contribution is 2.38. The minimum atomic E-state index is -2.35. The average molecular weight is 912 g/mol. The van der Waals surface area contributed by atoms with Gasteiger partial charge in [0, 0.05) is 58.5 Å². The van der Waals surface area contributed by atoms with Gasteiger partial charge in [-0.2, -0.15) is 0 Å². The topological polar surface area (TPSA) is 178 Å². The molecule has 2 saturated heterocycles. The lowest BCUT2D eigenvalue weighted by molar-refractivity contribution is -0.265. The molecule has 0 radical (unpaired) electrons. The SMILES string of the molecule is C=C1O[C@H]([C@H](C)C[C@@H]2CC[C@@H](O)[C@H](OC)C2)CC(=O)[C@H](C)/C=C(\C)[C@@H](O)[C@@H](OC)C(=O)[C@H](C)C[C@H](C)/C=C/C=C/C=C(\C)[C@@H](OC)C[C@@H]2CC[C@@H](C)[C@@](O)(O2)C(=O)C(=O)N2CCCC[C@@H]12. The van der Waals surface area contributed by atoms with E-state index < -0.39 is 71.8 Å². The number of carbonyl (C=O) groups is 4. The van der Waals surface area contributed by atoms with Crippen molar-refractivity contribution in [3.8, 4) is 0 Å². The molecule has 1 saturated carbocycles. The molecule has 15 atom stereocenters. The molecule has 1 aliphatic carbocycles. The van der Waals surface area contributed by atoms with Crippen LogP contribution in [0, 0.1) is 35.5 Å². The van der Waals surface area contributed by atoms with Crippen molar-refractivity contribution in [1.29, 1.82) is 0 Å². The van der Waals surface area contributed by atoms with E-state index in [9.17, 15) is 34.5 Å². The molecule has 0 unspecified atom stereocenters. The minimum absolute atomic E-state index is 0.0161. The summed E-state index contributed by atoms with van der Waals surface area (Å²) < 4.78 is 30.0. The van der Waals surface area contributed by atoms with Crippen molar-refractivity contribution in [3.63, 3.8) is 0 Å². The van der Waals surface area contributed by atoms with Crippen molar-refractivity contribution in [2.75, 3.05) is 27.9 Å². The number of aliphatic hydroxyl groups excluding tert-OH is 2. The molecule has 4 aliphatic rings. The zero-order chi connectivity index (χ0) is 48.2. The molecule has 1 amide bonds. The van der Waals surface area contributed by atoms with E-state index >= 15 is 0 Å². The molecule has 0 aromatic carbocycles. The average Bonchev–Trinajstić information content (AvgIpc) is 3.28. The number of ketones is 3. The first kappa shape index (κ1) is 54.3. The highest BCUT2D eigenvalue weighted by atomic mass is 16.6. The Hall–Kier alpha value is -3.30. The van der Waals surface area contributed by atoms with Crippen LogP contribution in [0.3, 0.4) is 0 Å². The van der Waals surface area contributed by atoms with E-state index in [1.54, 1.807) is 41.1 Å². The number of rotatable bonds is 6. The van der Waals surface area contributed by atoms with Crippen molar-refractivity contribution < 1.29 is 58.2 Å². The van der Waals surface area contributed by atoms with Crippen molar-refractivity contribution in [2.45, 2.75) is 180 Å². The fourth-order valence-electron chi connectivity index (χ4n) is 10.3. The van der Waals surface area contributed by atoms with Crippen molar-refractivity contribution in [3.05, 3.63) is 59.9 Å². The fraction of sp³-hybridized carbons (Fsp3) is 0.731. The maximum absolute atomic E-state index is 14.3. The lowest BCUT2D eigenvalue weighted by Crippen LogP contribution is -2.60. The van der Waals surface area contributed by atoms with Gasteiger partial charge >= 0.3 is 0 Å². The molecule has 13 heteroatoms. The maximum Gasteiger partial charge on any atom is 0.296 e. The Kier molecular flexibility index (Phi) is 21.0. The second-order valence-electron chi connectivity index (χ2n) is 19.7. The van der Waals surface area contributed by atoms with Gasteiger partial charge in [0.1, 0.15) is 29.9 Å². The molecule has 2 bridgehead atoms. The standard InChI is InChI=1S/C52H81NO12/c1-31-17-13-12-14-18-32(2)44(61-9)29-40-22-20-37(7)52(60,65-40)50(58)51(59)53-24-16-15-19-41(53)38(8)64-45(34(4)27-39-21-23-42(54)46(28-39)62-10)30-43(55)33(3)26-36(6)48(57)49(63-11)47(56)35(5)25-31/h12-14,17-18,26,31,33-35,37,39-42,44-46,48-49,54,57,60H,8,15-16,19-25,27-30H2,1-7,9-11H3/b14-12+,17-13+,32-18+,36-26+/t31-,33-,34-,35-,37-,39+,40+,41+,42-,44+,45+,46-,48-,49+,52-/m1/s1. The maximum atomic E-state index is 14.3. The number of hydrogen-bond donors (Lipinski definition) is 3. The van der Waals surface area contributed by atoms with E-state index in [1.807, 2.05) is 58.1 Å². The van der Waals surface area contributed by atoms with Gasteiger partial charge in [-0.1, -0.05) is 77.7 Å². The van der Waals surface area contributed by atoms with Crippen LogP contribution in [0.4, 0.5) is 0 Å². The van der Waals surface area contributed by atoms with E-state index in [2.05, 4.69) is 6.58 Å². The summed E-state index contributed by atoms with van der Waals surface area (Å²) in [6, 6.07) is -0.695. The molecule has 13 nitrogen and oxygen atoms in total. The Labute approximate surface area is 388 Å². The number of aliphatic hydroxyl groups is 3. The number of ether oxygens (including phenoxy) is 5. The lowest BCUT2D eigenvalue weighted by Gasteiger charge is -2.43. The second kappa shape index (κ2) is 25.2. The third-order valence-corrected chi connectivity index (χ3v) is 14.6. The molecule has 65 heavy (non-hydrogen) atoms. The van der Waals surface area contributed by atoms with E-state index in [-0.39, 0.29) is 60.3 Å². The van der Waals surface area contributed by atoms with Gasteiger partial charge in [0.15, 0.2) is 5.78 Å². The molecular formula is C52H81NO12. The van der Waals surface area contributed by atoms with Crippen LogP contribution in [0.25, 0.3) is 0 Å². The van der Waals surface area contributed by atoms with E-state index in [0.717, 1.165) is 18.4 Å². The van der Waals surface area contributed by atoms with Crippen LogP contribution in [0.2, 0.25) is 0 Å². The quantitative estimate of drug-likeness (QED) is 0.181. The number of carbonyl (C=O) groups excluding carboxylic acids is 4. The number of amides is 1. The lowest BCUT2D eigenvalue weighted by atomic mass is 9.78. The zero-order valence-corrected chi connectivity index (χ0v) is 40.9. The van der Waals surface area contributed by atoms with Gasteiger partial charge in [-0.15, -0.1) is 0 Å². The van der Waals surface area contributed by atoms with Crippen LogP contribution in [-0.2, 0) is 42.9 Å². The molecule has 4 rings (SSSR count). The van der Waals surface area contributed by atoms with Crippen LogP contribution in [0.15, 0.2) is 59.9 Å². The smallest absolute Gasteiger partial charge is 0.296 e. The van der Waals surface area contributed by atoms with Gasteiger partial charge in [0.05, 0.1) is 30.5 Å². The Morgan fingerprint density at radius 1 is 0.877 bits per heavy atom. The highest BCUT2D eigenvalue weighted by Gasteiger charge is 2.52. The third-order valence-electron chi connectivity index (χ3n) is 14.6. The summed E-state index contributed by atoms with van der Waals surface area (Å²) in [7, 11) is 4.60. The molecule has 3 N–H and O–H groups in total. The van der Waals surface area contributed by atoms with Gasteiger partial charge in [0.25, 0.3) is 11.7 Å². The Bertz CT molecular complexity index is 1750. The van der Waals surface area contributed by atoms with E-state index in [4.69, 9.17) is 23.7 Å². The Morgan fingerprint density at radius 2 is 1.60 bits per heavy atom. The van der Waals surface area contributed by atoms with Crippen LogP contribution in [0.1, 0.15) is 126 Å². The first-order valence-corrected chi connectivity index (χ1v) is 24.1. The molecule has 3 fully saturated rings. The number of methoxy groups -OCH3 is 3. The summed E-state index contributed by atoms with van der Waals surface area (Å²) in [5.74, 6) is -6.04. The van der Waals surface area contributed by atoms with Crippen LogP contribution in [-0.4, -0.2) is 126 Å². The highest BCUT2D eigenvalue weighted by molar-refractivity contribution is 6.39. The molecular weight excluding hydrogens is 831 g/mol. The second-order valence-corrected chi connectivity index (χ2v) is 19.7. The summed E-state index contributed by atoms with van der Waals surface area (Å²) in [6.45, 7) is 17.5. The van der Waals surface area contributed by atoms with E-state index in [0.29, 0.717) is 63.4 Å². The minimum Gasteiger partial charge on any atom is -0.492 e. The number of piperidine rings is 1. The molecule has 3 aliphatic heterocycles. The molecule has 366 valence electrons. The van der Waals surface area contributed by atoms with Crippen molar-refractivity contribution in [2.24, 2.45) is 35.5 Å². The monoisotopic (exact) mass is 912 g/mol. The van der Waals surface area contributed by atoms with Gasteiger partial charge in [-0.05, 0) is 107 Å². The number of Topliss-reactive ketones (excluding diaryl/α,β-unsaturated/α-hetero) is 3. The van der Waals surface area contributed by atoms with Crippen LogP contribution in [0.5, 0.6) is 0 Å². The van der Waals surface area contributed by atoms with Crippen LogP contribution < -0.4 is 0 Å². The summed E-state index contributed by atoms with van der Waals surface area (Å²) in [4.78, 5) is 58.0. The third kappa shape index (κ3) is 14.4. The number of hydrogen-bond acceptors (Lipinski definition) is 12. The molecule has 3 heterocycles. The predicted molar refractivity (Wildman–Crippen MR) is 249 cm³/mol. The number of allylic oxidation sites excluding steroid dienone is 6. The molecule has 0 aromatic heterocycles.